The predicted octanol–water partition coefficient (Wildman–Crippen LogP) is 2.34. The van der Waals surface area contributed by atoms with E-state index in [-0.39, 0.29) is 6.03 Å². The fourth-order valence-corrected chi connectivity index (χ4v) is 1.57. The molecule has 2 amide bonds. The molecule has 5 nitrogen and oxygen atoms in total. The first-order chi connectivity index (χ1) is 8.06. The molecule has 0 aromatic heterocycles. The molecule has 0 bridgehead atoms. The van der Waals surface area contributed by atoms with Gasteiger partial charge in [-0.1, -0.05) is 6.92 Å². The van der Waals surface area contributed by atoms with Crippen LogP contribution in [0.1, 0.15) is 20.3 Å². The molecule has 2 N–H and O–H groups in total. The van der Waals surface area contributed by atoms with Gasteiger partial charge in [0.2, 0.25) is 5.79 Å². The maximum absolute atomic E-state index is 11.2. The van der Waals surface area contributed by atoms with Gasteiger partial charge in [0.05, 0.1) is 0 Å². The molecule has 1 heterocycles. The molecule has 1 unspecified atom stereocenters. The maximum atomic E-state index is 11.2. The molecule has 0 saturated carbocycles. The van der Waals surface area contributed by atoms with Crippen molar-refractivity contribution in [3.05, 3.63) is 18.2 Å². The predicted molar refractivity (Wildman–Crippen MR) is 64.5 cm³/mol. The van der Waals surface area contributed by atoms with Crippen molar-refractivity contribution >= 4 is 11.7 Å². The number of hydrogen-bond donors (Lipinski definition) is 2. The van der Waals surface area contributed by atoms with Crippen LogP contribution in [-0.2, 0) is 0 Å². The summed E-state index contributed by atoms with van der Waals surface area (Å²) < 4.78 is 11.4. The highest BCUT2D eigenvalue weighted by Crippen LogP contribution is 2.41. The monoisotopic (exact) mass is 236 g/mol. The first-order valence-corrected chi connectivity index (χ1v) is 5.57. The highest BCUT2D eigenvalue weighted by molar-refractivity contribution is 5.89. The lowest BCUT2D eigenvalue weighted by Gasteiger charge is -2.20. The minimum absolute atomic E-state index is 0.262. The number of benzene rings is 1. The number of amides is 2. The molecule has 17 heavy (non-hydrogen) atoms. The summed E-state index contributed by atoms with van der Waals surface area (Å²) >= 11 is 0. The summed E-state index contributed by atoms with van der Waals surface area (Å²) in [4.78, 5) is 11.2. The lowest BCUT2D eigenvalue weighted by molar-refractivity contribution is -0.0640. The molecule has 1 aliphatic rings. The molecular formula is C12H16N2O3. The lowest BCUT2D eigenvalue weighted by atomic mass is 10.2. The molecule has 5 heteroatoms. The third kappa shape index (κ3) is 2.27. The van der Waals surface area contributed by atoms with E-state index in [1.807, 2.05) is 13.8 Å². The smallest absolute Gasteiger partial charge is 0.318 e. The standard InChI is InChI=1S/C12H16N2O3/c1-4-12(2)16-9-6-5-8(7-10(9)17-12)14-11(15)13-3/h5-7H,4H2,1-3H3,(H2,13,14,15). The second kappa shape index (κ2) is 4.16. The van der Waals surface area contributed by atoms with Gasteiger partial charge in [-0.05, 0) is 12.1 Å². The van der Waals surface area contributed by atoms with E-state index in [1.54, 1.807) is 25.2 Å². The normalized spacial score (nSPS) is 21.1. The number of anilines is 1. The van der Waals surface area contributed by atoms with Gasteiger partial charge in [0.25, 0.3) is 0 Å². The Morgan fingerprint density at radius 3 is 2.71 bits per heavy atom. The Labute approximate surface area is 100 Å². The van der Waals surface area contributed by atoms with Crippen molar-refractivity contribution in [3.63, 3.8) is 0 Å². The highest BCUT2D eigenvalue weighted by atomic mass is 16.7. The first-order valence-electron chi connectivity index (χ1n) is 5.57. The number of carbonyl (C=O) groups excluding carboxylic acids is 1. The summed E-state index contributed by atoms with van der Waals surface area (Å²) in [6.45, 7) is 3.88. The molecule has 0 fully saturated rings. The number of ether oxygens (including phenoxy) is 2. The number of fused-ring (bicyclic) bond motifs is 1. The van der Waals surface area contributed by atoms with Gasteiger partial charge in [0.15, 0.2) is 11.5 Å². The van der Waals surface area contributed by atoms with Crippen molar-refractivity contribution in [1.82, 2.24) is 5.32 Å². The van der Waals surface area contributed by atoms with Crippen LogP contribution in [0, 0.1) is 0 Å². The number of carbonyl (C=O) groups is 1. The number of urea groups is 1. The van der Waals surface area contributed by atoms with Crippen LogP contribution in [0.25, 0.3) is 0 Å². The van der Waals surface area contributed by atoms with E-state index in [0.717, 1.165) is 6.42 Å². The Hall–Kier alpha value is -1.91. The van der Waals surface area contributed by atoms with Crippen LogP contribution in [0.5, 0.6) is 11.5 Å². The van der Waals surface area contributed by atoms with E-state index >= 15 is 0 Å². The summed E-state index contributed by atoms with van der Waals surface area (Å²) in [5.41, 5.74) is 0.673. The Kier molecular flexibility index (Phi) is 2.83. The molecule has 1 atom stereocenters. The van der Waals surface area contributed by atoms with Crippen molar-refractivity contribution in [2.24, 2.45) is 0 Å². The first kappa shape index (κ1) is 11.6. The van der Waals surface area contributed by atoms with Crippen LogP contribution >= 0.6 is 0 Å². The van der Waals surface area contributed by atoms with Crippen molar-refractivity contribution in [2.75, 3.05) is 12.4 Å². The summed E-state index contributed by atoms with van der Waals surface area (Å²) in [6, 6.07) is 5.06. The summed E-state index contributed by atoms with van der Waals surface area (Å²) in [6.07, 6.45) is 0.750. The molecular weight excluding hydrogens is 220 g/mol. The minimum Gasteiger partial charge on any atom is -0.449 e. The van der Waals surface area contributed by atoms with E-state index in [1.165, 1.54) is 0 Å². The van der Waals surface area contributed by atoms with Gasteiger partial charge >= 0.3 is 6.03 Å². The molecule has 1 aromatic rings. The molecule has 0 radical (unpaired) electrons. The Balaban J connectivity index is 2.18. The molecule has 0 saturated heterocycles. The van der Waals surface area contributed by atoms with Crippen molar-refractivity contribution < 1.29 is 14.3 Å². The van der Waals surface area contributed by atoms with Crippen LogP contribution in [0.15, 0.2) is 18.2 Å². The number of hydrogen-bond acceptors (Lipinski definition) is 3. The Morgan fingerprint density at radius 1 is 1.35 bits per heavy atom. The van der Waals surface area contributed by atoms with Gasteiger partial charge in [0, 0.05) is 32.1 Å². The number of nitrogens with one attached hydrogen (secondary N) is 2. The van der Waals surface area contributed by atoms with Gasteiger partial charge in [-0.2, -0.15) is 0 Å². The second-order valence-electron chi connectivity index (χ2n) is 4.06. The average Bonchev–Trinajstić information content (AvgIpc) is 2.65. The molecule has 92 valence electrons. The molecule has 2 rings (SSSR count). The fourth-order valence-electron chi connectivity index (χ4n) is 1.57. The van der Waals surface area contributed by atoms with Crippen LogP contribution < -0.4 is 20.1 Å². The van der Waals surface area contributed by atoms with Gasteiger partial charge in [-0.15, -0.1) is 0 Å². The zero-order valence-corrected chi connectivity index (χ0v) is 10.2. The van der Waals surface area contributed by atoms with Gasteiger partial charge in [-0.25, -0.2) is 4.79 Å². The van der Waals surface area contributed by atoms with Crippen LogP contribution in [-0.4, -0.2) is 18.9 Å². The fraction of sp³-hybridized carbons (Fsp3) is 0.417. The van der Waals surface area contributed by atoms with Crippen molar-refractivity contribution in [2.45, 2.75) is 26.1 Å². The van der Waals surface area contributed by atoms with E-state index in [0.29, 0.717) is 17.2 Å². The van der Waals surface area contributed by atoms with Crippen LogP contribution in [0.3, 0.4) is 0 Å². The Morgan fingerprint density at radius 2 is 2.06 bits per heavy atom. The summed E-state index contributed by atoms with van der Waals surface area (Å²) in [5, 5.41) is 5.17. The third-order valence-electron chi connectivity index (χ3n) is 2.72. The molecule has 1 aliphatic heterocycles. The van der Waals surface area contributed by atoms with Crippen molar-refractivity contribution in [3.8, 4) is 11.5 Å². The summed E-state index contributed by atoms with van der Waals surface area (Å²) in [5.74, 6) is 0.758. The molecule has 0 spiro atoms. The van der Waals surface area contributed by atoms with Crippen molar-refractivity contribution in [1.29, 1.82) is 0 Å². The Bertz CT molecular complexity index is 447. The van der Waals surface area contributed by atoms with Gasteiger partial charge < -0.3 is 20.1 Å². The zero-order valence-electron chi connectivity index (χ0n) is 10.2. The SMILES string of the molecule is CCC1(C)Oc2ccc(NC(=O)NC)cc2O1. The number of rotatable bonds is 2. The molecule has 1 aromatic carbocycles. The average molecular weight is 236 g/mol. The largest absolute Gasteiger partial charge is 0.449 e. The lowest BCUT2D eigenvalue weighted by Crippen LogP contribution is -2.33. The maximum Gasteiger partial charge on any atom is 0.318 e. The highest BCUT2D eigenvalue weighted by Gasteiger charge is 2.34. The van der Waals surface area contributed by atoms with E-state index in [9.17, 15) is 4.79 Å². The second-order valence-corrected chi connectivity index (χ2v) is 4.06. The zero-order chi connectivity index (χ0) is 12.5. The summed E-state index contributed by atoms with van der Waals surface area (Å²) in [7, 11) is 1.57. The van der Waals surface area contributed by atoms with E-state index < -0.39 is 5.79 Å². The van der Waals surface area contributed by atoms with Gasteiger partial charge in [-0.3, -0.25) is 0 Å². The minimum atomic E-state index is -0.603. The molecule has 0 aliphatic carbocycles. The van der Waals surface area contributed by atoms with Crippen LogP contribution in [0.2, 0.25) is 0 Å². The topological polar surface area (TPSA) is 59.6 Å². The van der Waals surface area contributed by atoms with Crippen LogP contribution in [0.4, 0.5) is 10.5 Å². The van der Waals surface area contributed by atoms with E-state index in [4.69, 9.17) is 9.47 Å². The van der Waals surface area contributed by atoms with E-state index in [2.05, 4.69) is 10.6 Å². The third-order valence-corrected chi connectivity index (χ3v) is 2.72. The quantitative estimate of drug-likeness (QED) is 0.828. The van der Waals surface area contributed by atoms with Gasteiger partial charge in [0.1, 0.15) is 0 Å².